The highest BCUT2D eigenvalue weighted by Gasteiger charge is 2.48. The Morgan fingerprint density at radius 3 is 2.51 bits per heavy atom. The summed E-state index contributed by atoms with van der Waals surface area (Å²) in [5.74, 6) is -5.07. The molecule has 3 N–H and O–H groups in total. The number of morpholine rings is 1. The van der Waals surface area contributed by atoms with Gasteiger partial charge in [-0.3, -0.25) is 34.4 Å². The molecule has 3 saturated heterocycles. The van der Waals surface area contributed by atoms with Crippen LogP contribution in [-0.2, 0) is 14.3 Å². The van der Waals surface area contributed by atoms with Gasteiger partial charge in [0.25, 0.3) is 23.4 Å². The molecule has 5 rings (SSSR count). The summed E-state index contributed by atoms with van der Waals surface area (Å²) in [4.78, 5) is 62.0. The largest absolute Gasteiger partial charge is 0.387 e. The number of amides is 3. The molecule has 18 heteroatoms. The number of hydrogen-bond acceptors (Lipinski definition) is 11. The number of nitrogens with one attached hydrogen (secondary N) is 3. The Balaban J connectivity index is 1.44. The van der Waals surface area contributed by atoms with E-state index in [4.69, 9.17) is 9.47 Å². The molecule has 0 saturated carbocycles. The second kappa shape index (κ2) is 16.1. The van der Waals surface area contributed by atoms with Crippen LogP contribution >= 0.6 is 15.9 Å². The van der Waals surface area contributed by atoms with Gasteiger partial charge in [-0.1, -0.05) is 15.9 Å². The minimum atomic E-state index is -3.25. The summed E-state index contributed by atoms with van der Waals surface area (Å²) in [6.07, 6.45) is 2.23. The number of ether oxygens (including phenoxy) is 2. The highest BCUT2D eigenvalue weighted by Crippen LogP contribution is 2.36. The average molecular weight is 782 g/mol. The van der Waals surface area contributed by atoms with Crippen LogP contribution in [0.4, 0.5) is 25.8 Å². The fraction of sp³-hybridized carbons (Fsp3) is 0.576. The second-order valence-electron chi connectivity index (χ2n) is 13.2. The molecular weight excluding hydrogens is 738 g/mol. The van der Waals surface area contributed by atoms with Gasteiger partial charge in [0, 0.05) is 75.9 Å². The van der Waals surface area contributed by atoms with E-state index in [2.05, 4.69) is 36.9 Å². The Hall–Kier alpha value is -4.00. The molecule has 15 nitrogen and oxygen atoms in total. The highest BCUT2D eigenvalue weighted by atomic mass is 79.9. The molecule has 3 aliphatic rings. The zero-order chi connectivity index (χ0) is 37.0. The Morgan fingerprint density at radius 2 is 1.86 bits per heavy atom. The number of piperidine rings is 1. The molecule has 51 heavy (non-hydrogen) atoms. The standard InChI is InChI=1S/C33H43BrF2N8O7/c1-19-15-42(16-20(2)51-19)32(47)25-10-22(34)11-26(44(48)49)29(25)39-24-12-27(43(17-24)31(46)21-9-23(37-3)14-38-13-21)30(45)40-28-5-6-41(7-8-50-4)18-33(28,35)36/h9-11,13-14,19-20,24,27-28,37,39H,5-8,12,15-18H2,1-4H3,(H,40,45)/t19-,20+,24-,27+,28+/m1/s1. The van der Waals surface area contributed by atoms with Gasteiger partial charge >= 0.3 is 0 Å². The number of methoxy groups -OCH3 is 1. The number of hydrogen-bond donors (Lipinski definition) is 3. The molecule has 1 aromatic carbocycles. The van der Waals surface area contributed by atoms with Crippen molar-refractivity contribution in [1.82, 2.24) is 25.0 Å². The van der Waals surface area contributed by atoms with Crippen molar-refractivity contribution in [2.75, 3.05) is 70.7 Å². The molecule has 278 valence electrons. The quantitative estimate of drug-likeness (QED) is 0.226. The lowest BCUT2D eigenvalue weighted by Crippen LogP contribution is -2.60. The molecule has 2 aromatic rings. The van der Waals surface area contributed by atoms with Gasteiger partial charge in [-0.2, -0.15) is 0 Å². The first-order valence-electron chi connectivity index (χ1n) is 16.7. The van der Waals surface area contributed by atoms with Crippen molar-refractivity contribution in [3.63, 3.8) is 0 Å². The molecule has 0 radical (unpaired) electrons. The third-order valence-corrected chi connectivity index (χ3v) is 9.77. The first kappa shape index (κ1) is 38.2. The van der Waals surface area contributed by atoms with Crippen LogP contribution in [0.25, 0.3) is 0 Å². The van der Waals surface area contributed by atoms with E-state index in [0.29, 0.717) is 29.9 Å². The highest BCUT2D eigenvalue weighted by molar-refractivity contribution is 9.10. The van der Waals surface area contributed by atoms with Gasteiger partial charge in [-0.25, -0.2) is 8.78 Å². The molecule has 1 aromatic heterocycles. The molecule has 4 heterocycles. The Morgan fingerprint density at radius 1 is 1.14 bits per heavy atom. The summed E-state index contributed by atoms with van der Waals surface area (Å²) in [6, 6.07) is 0.829. The summed E-state index contributed by atoms with van der Waals surface area (Å²) in [5.41, 5.74) is 0.244. The predicted octanol–water partition coefficient (Wildman–Crippen LogP) is 3.21. The van der Waals surface area contributed by atoms with E-state index in [-0.39, 0.29) is 61.5 Å². The topological polar surface area (TPSA) is 172 Å². The lowest BCUT2D eigenvalue weighted by Gasteiger charge is -2.39. The van der Waals surface area contributed by atoms with Crippen LogP contribution in [0.2, 0.25) is 0 Å². The van der Waals surface area contributed by atoms with Crippen molar-refractivity contribution < 1.29 is 37.6 Å². The van der Waals surface area contributed by atoms with Crippen molar-refractivity contribution in [2.24, 2.45) is 0 Å². The zero-order valence-corrected chi connectivity index (χ0v) is 30.5. The van der Waals surface area contributed by atoms with Gasteiger partial charge in [0.05, 0.1) is 53.1 Å². The van der Waals surface area contributed by atoms with Gasteiger partial charge in [0.15, 0.2) is 0 Å². The molecular formula is C33H43BrF2N8O7. The molecule has 0 spiro atoms. The minimum absolute atomic E-state index is 0.0196. The number of halogens is 3. The van der Waals surface area contributed by atoms with Gasteiger partial charge in [-0.15, -0.1) is 0 Å². The molecule has 0 bridgehead atoms. The van der Waals surface area contributed by atoms with Crippen LogP contribution < -0.4 is 16.0 Å². The van der Waals surface area contributed by atoms with Crippen LogP contribution in [0, 0.1) is 10.1 Å². The Kier molecular flexibility index (Phi) is 12.1. The maximum Gasteiger partial charge on any atom is 0.294 e. The van der Waals surface area contributed by atoms with E-state index in [0.717, 1.165) is 0 Å². The molecule has 0 unspecified atom stereocenters. The first-order chi connectivity index (χ1) is 24.2. The zero-order valence-electron chi connectivity index (χ0n) is 28.9. The Bertz CT molecular complexity index is 1630. The van der Waals surface area contributed by atoms with Crippen molar-refractivity contribution in [3.8, 4) is 0 Å². The van der Waals surface area contributed by atoms with Crippen molar-refractivity contribution in [1.29, 1.82) is 0 Å². The minimum Gasteiger partial charge on any atom is -0.387 e. The van der Waals surface area contributed by atoms with E-state index in [9.17, 15) is 24.5 Å². The summed E-state index contributed by atoms with van der Waals surface area (Å²) in [6.45, 7) is 4.44. The van der Waals surface area contributed by atoms with E-state index in [1.807, 2.05) is 13.8 Å². The van der Waals surface area contributed by atoms with Gasteiger partial charge in [0.2, 0.25) is 5.91 Å². The smallest absolute Gasteiger partial charge is 0.294 e. The number of pyridine rings is 1. The third-order valence-electron chi connectivity index (χ3n) is 9.31. The summed E-state index contributed by atoms with van der Waals surface area (Å²) < 4.78 is 41.7. The number of carbonyl (C=O) groups excluding carboxylic acids is 3. The number of carbonyl (C=O) groups is 3. The van der Waals surface area contributed by atoms with Crippen molar-refractivity contribution in [2.45, 2.75) is 62.9 Å². The van der Waals surface area contributed by atoms with Crippen LogP contribution in [0.3, 0.4) is 0 Å². The Labute approximate surface area is 302 Å². The summed E-state index contributed by atoms with van der Waals surface area (Å²) in [7, 11) is 3.14. The SMILES string of the molecule is CNc1cncc(C(=O)N2C[C@H](Nc3c(C(=O)N4C[C@@H](C)O[C@@H](C)C4)cc(Br)cc3[N+](=O)[O-])C[C@H]2C(=O)N[C@H]2CCN(CCOC)CC2(F)F)c1. The monoisotopic (exact) mass is 780 g/mol. The maximum absolute atomic E-state index is 15.3. The normalized spacial score (nSPS) is 25.0. The number of nitrogens with zero attached hydrogens (tertiary/aromatic N) is 5. The molecule has 3 fully saturated rings. The van der Waals surface area contributed by atoms with Crippen LogP contribution in [0.1, 0.15) is 47.4 Å². The van der Waals surface area contributed by atoms with Crippen LogP contribution in [0.15, 0.2) is 35.1 Å². The molecule has 3 amide bonds. The van der Waals surface area contributed by atoms with E-state index in [1.165, 1.54) is 36.5 Å². The molecule has 0 aliphatic carbocycles. The van der Waals surface area contributed by atoms with E-state index in [1.54, 1.807) is 22.9 Å². The number of anilines is 2. The second-order valence-corrected chi connectivity index (χ2v) is 14.1. The van der Waals surface area contributed by atoms with Gasteiger partial charge < -0.3 is 35.2 Å². The predicted molar refractivity (Wildman–Crippen MR) is 187 cm³/mol. The van der Waals surface area contributed by atoms with Crippen molar-refractivity contribution >= 4 is 50.7 Å². The number of aromatic nitrogens is 1. The maximum atomic E-state index is 15.3. The summed E-state index contributed by atoms with van der Waals surface area (Å²) in [5, 5.41) is 20.9. The van der Waals surface area contributed by atoms with Gasteiger partial charge in [0.1, 0.15) is 11.7 Å². The lowest BCUT2D eigenvalue weighted by atomic mass is 9.99. The number of likely N-dealkylation sites (tertiary alicyclic amines) is 2. The number of alkyl halides is 2. The fourth-order valence-corrected chi connectivity index (χ4v) is 7.36. The van der Waals surface area contributed by atoms with E-state index >= 15 is 8.78 Å². The van der Waals surface area contributed by atoms with Crippen LogP contribution in [-0.4, -0.2) is 139 Å². The van der Waals surface area contributed by atoms with Crippen LogP contribution in [0.5, 0.6) is 0 Å². The third kappa shape index (κ3) is 8.91. The van der Waals surface area contributed by atoms with E-state index < -0.39 is 58.9 Å². The molecule has 3 aliphatic heterocycles. The summed E-state index contributed by atoms with van der Waals surface area (Å²) >= 11 is 3.30. The first-order valence-corrected chi connectivity index (χ1v) is 17.5. The number of benzene rings is 1. The average Bonchev–Trinajstić information content (AvgIpc) is 3.51. The number of nitro benzene ring substituents is 1. The molecule has 5 atom stereocenters. The number of rotatable bonds is 11. The number of nitro groups is 1. The lowest BCUT2D eigenvalue weighted by molar-refractivity contribution is -0.384. The van der Waals surface area contributed by atoms with Gasteiger partial charge in [-0.05, 0) is 38.8 Å². The van der Waals surface area contributed by atoms with Crippen molar-refractivity contribution in [3.05, 3.63) is 56.3 Å². The fourth-order valence-electron chi connectivity index (χ4n) is 6.92.